The summed E-state index contributed by atoms with van der Waals surface area (Å²) in [6.07, 6.45) is 3.39. The number of rotatable bonds is 3. The van der Waals surface area contributed by atoms with E-state index in [1.807, 2.05) is 0 Å². The Morgan fingerprint density at radius 3 is 2.10 bits per heavy atom. The minimum Gasteiger partial charge on any atom is -0.120 e. The second-order valence-corrected chi connectivity index (χ2v) is 2.80. The third kappa shape index (κ3) is 3.40. The van der Waals surface area contributed by atoms with Gasteiger partial charge < -0.3 is 0 Å². The maximum Gasteiger partial charge on any atom is 0.237 e. The first-order chi connectivity index (χ1) is 4.48. The molecule has 0 aromatic rings. The van der Waals surface area contributed by atoms with Gasteiger partial charge in [0.25, 0.3) is 0 Å². The molecule has 0 rings (SSSR count). The van der Waals surface area contributed by atoms with Crippen LogP contribution in [0.15, 0.2) is 36.3 Å². The van der Waals surface area contributed by atoms with Crippen molar-refractivity contribution in [3.63, 3.8) is 0 Å². The molecule has 10 heavy (non-hydrogen) atoms. The monoisotopic (exact) mass is 168 g/mol. The van der Waals surface area contributed by atoms with E-state index >= 15 is 0 Å². The molecule has 58 valence electrons. The van der Waals surface area contributed by atoms with Gasteiger partial charge in [0.05, 0.1) is 4.91 Å². The quantitative estimate of drug-likeness (QED) is 0.563. The minimum atomic E-state index is -5.10. The Balaban J connectivity index is 4.11. The third-order valence-electron chi connectivity index (χ3n) is 0.715. The Morgan fingerprint density at radius 2 is 1.80 bits per heavy atom. The van der Waals surface area contributed by atoms with Crippen LogP contribution >= 0.6 is 11.2 Å². The summed E-state index contributed by atoms with van der Waals surface area (Å²) in [7, 11) is 0. The van der Waals surface area contributed by atoms with Crippen LogP contribution in [0, 0.1) is 0 Å². The molecule has 0 aromatic carbocycles. The first-order valence-corrected chi connectivity index (χ1v) is 3.72. The van der Waals surface area contributed by atoms with Crippen LogP contribution in [0.1, 0.15) is 0 Å². The van der Waals surface area contributed by atoms with Crippen LogP contribution in [0.4, 0.5) is 11.7 Å². The van der Waals surface area contributed by atoms with Crippen molar-refractivity contribution in [1.82, 2.24) is 0 Å². The van der Waals surface area contributed by atoms with E-state index in [0.29, 0.717) is 0 Å². The summed E-state index contributed by atoms with van der Waals surface area (Å²) >= 11 is -5.10. The van der Waals surface area contributed by atoms with Crippen LogP contribution in [-0.2, 0) is 0 Å². The van der Waals surface area contributed by atoms with Gasteiger partial charge in [0.2, 0.25) is 11.2 Å². The van der Waals surface area contributed by atoms with Crippen LogP contribution in [0.25, 0.3) is 0 Å². The van der Waals surface area contributed by atoms with E-state index in [-0.39, 0.29) is 0 Å². The molecule has 0 aliphatic heterocycles. The molecule has 0 spiro atoms. The molecule has 0 nitrogen and oxygen atoms in total. The Bertz CT molecular complexity index is 166. The Labute approximate surface area is 59.9 Å². The molecule has 4 heteroatoms. The number of hydrogen-bond donors (Lipinski definition) is 0. The van der Waals surface area contributed by atoms with Gasteiger partial charge in [-0.05, 0) is 6.08 Å². The largest absolute Gasteiger partial charge is 0.237 e. The van der Waals surface area contributed by atoms with Crippen LogP contribution in [0.2, 0.25) is 0 Å². The van der Waals surface area contributed by atoms with Gasteiger partial charge in [-0.3, -0.25) is 0 Å². The number of halogens is 3. The summed E-state index contributed by atoms with van der Waals surface area (Å²) in [4.78, 5) is -0.785. The summed E-state index contributed by atoms with van der Waals surface area (Å²) in [6.45, 7) is 6.07. The summed E-state index contributed by atoms with van der Waals surface area (Å²) < 4.78 is 35.0. The van der Waals surface area contributed by atoms with E-state index < -0.39 is 16.1 Å². The highest BCUT2D eigenvalue weighted by atomic mass is 32.3. The van der Waals surface area contributed by atoms with E-state index in [2.05, 4.69) is 13.2 Å². The summed E-state index contributed by atoms with van der Waals surface area (Å²) in [6, 6.07) is 0. The SMILES string of the molecule is C=C/C=C\C(=C)S(F)(F)F. The summed E-state index contributed by atoms with van der Waals surface area (Å²) in [5, 5.41) is 0. The molecule has 0 saturated carbocycles. The van der Waals surface area contributed by atoms with Crippen LogP contribution in [0.5, 0.6) is 0 Å². The first-order valence-electron chi connectivity index (χ1n) is 2.38. The lowest BCUT2D eigenvalue weighted by Gasteiger charge is -2.07. The zero-order chi connectivity index (χ0) is 8.20. The van der Waals surface area contributed by atoms with Crippen molar-refractivity contribution >= 4 is 11.2 Å². The van der Waals surface area contributed by atoms with Gasteiger partial charge in [-0.25, -0.2) is 0 Å². The maximum atomic E-state index is 11.7. The van der Waals surface area contributed by atoms with Crippen LogP contribution < -0.4 is 0 Å². The van der Waals surface area contributed by atoms with Gasteiger partial charge in [-0.1, -0.05) is 25.3 Å². The molecule has 0 unspecified atom stereocenters. The standard InChI is InChI=1S/C6H7F3S/c1-3-4-5-6(2)10(7,8)9/h3-5H,1-2H2/b5-4-. The van der Waals surface area contributed by atoms with E-state index in [1.54, 1.807) is 0 Å². The molecule has 0 bridgehead atoms. The Morgan fingerprint density at radius 1 is 1.30 bits per heavy atom. The van der Waals surface area contributed by atoms with Crippen LogP contribution in [0.3, 0.4) is 0 Å². The molecule has 0 fully saturated rings. The van der Waals surface area contributed by atoms with E-state index in [9.17, 15) is 11.7 Å². The lowest BCUT2D eigenvalue weighted by molar-refractivity contribution is 0.649. The molecule has 0 aliphatic carbocycles. The van der Waals surface area contributed by atoms with Gasteiger partial charge in [-0.15, -0.1) is 11.7 Å². The van der Waals surface area contributed by atoms with Gasteiger partial charge in [-0.2, -0.15) is 0 Å². The van der Waals surface area contributed by atoms with E-state index in [1.165, 1.54) is 12.2 Å². The maximum absolute atomic E-state index is 11.7. The lowest BCUT2D eigenvalue weighted by atomic mass is 10.5. The normalized spacial score (nSPS) is 13.5. The van der Waals surface area contributed by atoms with Crippen LogP contribution in [-0.4, -0.2) is 0 Å². The topological polar surface area (TPSA) is 0 Å². The minimum absolute atomic E-state index is 0.785. The van der Waals surface area contributed by atoms with Crippen molar-refractivity contribution in [3.05, 3.63) is 36.3 Å². The van der Waals surface area contributed by atoms with Crippen molar-refractivity contribution in [2.24, 2.45) is 0 Å². The molecule has 0 heterocycles. The van der Waals surface area contributed by atoms with Gasteiger partial charge in [0, 0.05) is 0 Å². The second kappa shape index (κ2) is 3.51. The predicted molar refractivity (Wildman–Crippen MR) is 39.4 cm³/mol. The highest BCUT2D eigenvalue weighted by molar-refractivity contribution is 8.24. The molecule has 0 aliphatic rings. The summed E-state index contributed by atoms with van der Waals surface area (Å²) in [5.74, 6) is 0. The molecular formula is C6H7F3S. The molecule has 0 radical (unpaired) electrons. The Hall–Kier alpha value is -0.640. The van der Waals surface area contributed by atoms with Gasteiger partial charge >= 0.3 is 0 Å². The summed E-state index contributed by atoms with van der Waals surface area (Å²) in [5.41, 5.74) is 0. The number of hydrogen-bond acceptors (Lipinski definition) is 0. The average molecular weight is 168 g/mol. The van der Waals surface area contributed by atoms with Crippen molar-refractivity contribution in [2.45, 2.75) is 0 Å². The fraction of sp³-hybridized carbons (Fsp3) is 0. The predicted octanol–water partition coefficient (Wildman–Crippen LogP) is 3.70. The highest BCUT2D eigenvalue weighted by Gasteiger charge is 2.22. The van der Waals surface area contributed by atoms with Gasteiger partial charge in [0.15, 0.2) is 0 Å². The van der Waals surface area contributed by atoms with E-state index in [4.69, 9.17) is 0 Å². The molecule has 0 saturated heterocycles. The lowest BCUT2D eigenvalue weighted by Crippen LogP contribution is -1.75. The molecular weight excluding hydrogens is 161 g/mol. The second-order valence-electron chi connectivity index (χ2n) is 1.47. The number of allylic oxidation sites excluding steroid dienone is 3. The fourth-order valence-electron chi connectivity index (χ4n) is 0.253. The van der Waals surface area contributed by atoms with Crippen molar-refractivity contribution in [3.8, 4) is 0 Å². The molecule has 0 aromatic heterocycles. The van der Waals surface area contributed by atoms with Crippen molar-refractivity contribution in [2.75, 3.05) is 0 Å². The third-order valence-corrected chi connectivity index (χ3v) is 1.45. The van der Waals surface area contributed by atoms with Crippen molar-refractivity contribution < 1.29 is 11.7 Å². The fourth-order valence-corrected chi connectivity index (χ4v) is 0.485. The smallest absolute Gasteiger partial charge is 0.120 e. The average Bonchev–Trinajstić information content (AvgIpc) is 1.80. The Kier molecular flexibility index (Phi) is 3.28. The molecule has 0 atom stereocenters. The van der Waals surface area contributed by atoms with E-state index in [0.717, 1.165) is 6.08 Å². The van der Waals surface area contributed by atoms with Gasteiger partial charge in [0.1, 0.15) is 0 Å². The zero-order valence-electron chi connectivity index (χ0n) is 5.19. The first kappa shape index (κ1) is 9.36. The molecule has 0 amide bonds. The highest BCUT2D eigenvalue weighted by Crippen LogP contribution is 2.60. The zero-order valence-corrected chi connectivity index (χ0v) is 6.00. The van der Waals surface area contributed by atoms with Crippen molar-refractivity contribution in [1.29, 1.82) is 0 Å². The molecule has 0 N–H and O–H groups in total.